The Labute approximate surface area is 490 Å². The first kappa shape index (κ1) is 76.7. The Bertz CT molecular complexity index is 1560. The molecule has 0 fully saturated rings. The van der Waals surface area contributed by atoms with Gasteiger partial charge in [-0.2, -0.15) is 0 Å². The number of carbonyl (C=O) groups is 1. The number of amides is 1. The molecular weight excluding hydrogens is 996 g/mol. The van der Waals surface area contributed by atoms with Crippen LogP contribution < -0.4 is 10.2 Å². The molecule has 1 amide bonds. The van der Waals surface area contributed by atoms with Gasteiger partial charge in [0.2, 0.25) is 5.91 Å². The monoisotopic (exact) mass is 1120 g/mol. The largest absolute Gasteiger partial charge is 0.756 e. The third kappa shape index (κ3) is 63.1. The zero-order valence-corrected chi connectivity index (χ0v) is 53.5. The van der Waals surface area contributed by atoms with Crippen molar-refractivity contribution in [1.82, 2.24) is 5.32 Å². The van der Waals surface area contributed by atoms with Crippen molar-refractivity contribution in [2.45, 2.75) is 315 Å². The highest BCUT2D eigenvalue weighted by atomic mass is 31.2. The fourth-order valence-corrected chi connectivity index (χ4v) is 10.5. The van der Waals surface area contributed by atoms with Gasteiger partial charge in [-0.3, -0.25) is 9.36 Å². The van der Waals surface area contributed by atoms with E-state index in [0.717, 1.165) is 96.3 Å². The fraction of sp³-hybridized carbons (Fsp3) is 0.786. The van der Waals surface area contributed by atoms with Gasteiger partial charge in [-0.05, 0) is 70.6 Å². The van der Waals surface area contributed by atoms with Crippen LogP contribution in [0.25, 0.3) is 0 Å². The predicted molar refractivity (Wildman–Crippen MR) is 343 cm³/mol. The van der Waals surface area contributed by atoms with E-state index >= 15 is 0 Å². The number of aliphatic hydroxyl groups is 1. The predicted octanol–water partition coefficient (Wildman–Crippen LogP) is 20.5. The lowest BCUT2D eigenvalue weighted by molar-refractivity contribution is -0.870. The number of phosphoric ester groups is 1. The first-order valence-corrected chi connectivity index (χ1v) is 34.9. The number of aliphatic hydroxyl groups excluding tert-OH is 1. The van der Waals surface area contributed by atoms with Gasteiger partial charge in [0, 0.05) is 6.42 Å². The molecule has 0 radical (unpaired) electrons. The molecule has 0 aromatic rings. The van der Waals surface area contributed by atoms with Crippen LogP contribution in [0.1, 0.15) is 303 Å². The van der Waals surface area contributed by atoms with E-state index in [4.69, 9.17) is 9.05 Å². The van der Waals surface area contributed by atoms with E-state index in [-0.39, 0.29) is 19.1 Å². The zero-order chi connectivity index (χ0) is 57.7. The molecule has 3 atom stereocenters. The number of nitrogens with one attached hydrogen (secondary N) is 1. The zero-order valence-electron chi connectivity index (χ0n) is 52.6. The lowest BCUT2D eigenvalue weighted by Crippen LogP contribution is -2.46. The van der Waals surface area contributed by atoms with Gasteiger partial charge >= 0.3 is 0 Å². The van der Waals surface area contributed by atoms with E-state index < -0.39 is 20.0 Å². The van der Waals surface area contributed by atoms with Crippen LogP contribution >= 0.6 is 7.82 Å². The highest BCUT2D eigenvalue weighted by Crippen LogP contribution is 2.38. The third-order valence-electron chi connectivity index (χ3n) is 14.9. The summed E-state index contributed by atoms with van der Waals surface area (Å²) < 4.78 is 23.5. The van der Waals surface area contributed by atoms with Crippen LogP contribution in [0, 0.1) is 0 Å². The Balaban J connectivity index is 4.13. The number of rotatable bonds is 61. The summed E-state index contributed by atoms with van der Waals surface area (Å²) in [6.45, 7) is 4.63. The minimum absolute atomic E-state index is 0.00622. The van der Waals surface area contributed by atoms with Crippen molar-refractivity contribution in [2.24, 2.45) is 0 Å². The Morgan fingerprint density at radius 3 is 1.13 bits per heavy atom. The van der Waals surface area contributed by atoms with Gasteiger partial charge in [-0.1, -0.05) is 311 Å². The summed E-state index contributed by atoms with van der Waals surface area (Å²) in [6.07, 6.45) is 85.0. The van der Waals surface area contributed by atoms with Gasteiger partial charge in [0.05, 0.1) is 39.9 Å². The van der Waals surface area contributed by atoms with Crippen LogP contribution in [0.15, 0.2) is 85.1 Å². The molecule has 0 rings (SSSR count). The van der Waals surface area contributed by atoms with Crippen molar-refractivity contribution < 1.29 is 32.9 Å². The van der Waals surface area contributed by atoms with Crippen molar-refractivity contribution in [3.63, 3.8) is 0 Å². The maximum Gasteiger partial charge on any atom is 0.268 e. The molecule has 79 heavy (non-hydrogen) atoms. The van der Waals surface area contributed by atoms with E-state index in [0.29, 0.717) is 23.9 Å². The maximum absolute atomic E-state index is 13.0. The molecule has 3 unspecified atom stereocenters. The third-order valence-corrected chi connectivity index (χ3v) is 15.9. The molecule has 0 aromatic carbocycles. The van der Waals surface area contributed by atoms with E-state index in [1.807, 2.05) is 21.1 Å². The molecule has 2 N–H and O–H groups in total. The molecule has 0 heterocycles. The smallest absolute Gasteiger partial charge is 0.268 e. The minimum atomic E-state index is -4.59. The number of quaternary nitrogens is 1. The van der Waals surface area contributed by atoms with Gasteiger partial charge in [-0.15, -0.1) is 0 Å². The average molecular weight is 1130 g/mol. The van der Waals surface area contributed by atoms with Crippen LogP contribution in [0.2, 0.25) is 0 Å². The first-order chi connectivity index (χ1) is 38.5. The summed E-state index contributed by atoms with van der Waals surface area (Å²) in [5.41, 5.74) is 0. The van der Waals surface area contributed by atoms with Crippen molar-refractivity contribution in [2.75, 3.05) is 40.9 Å². The minimum Gasteiger partial charge on any atom is -0.756 e. The van der Waals surface area contributed by atoms with Gasteiger partial charge in [0.15, 0.2) is 0 Å². The topological polar surface area (TPSA) is 108 Å². The number of phosphoric acid groups is 1. The van der Waals surface area contributed by atoms with Crippen LogP contribution in [0.5, 0.6) is 0 Å². The van der Waals surface area contributed by atoms with Gasteiger partial charge in [0.25, 0.3) is 7.82 Å². The normalized spacial score (nSPS) is 14.3. The Morgan fingerprint density at radius 2 is 0.772 bits per heavy atom. The molecule has 9 heteroatoms. The van der Waals surface area contributed by atoms with Crippen LogP contribution in [-0.2, 0) is 18.4 Å². The highest BCUT2D eigenvalue weighted by molar-refractivity contribution is 7.45. The van der Waals surface area contributed by atoms with Crippen molar-refractivity contribution in [1.29, 1.82) is 0 Å². The van der Waals surface area contributed by atoms with E-state index in [2.05, 4.69) is 104 Å². The Kier molecular flexibility index (Phi) is 58.5. The molecular formula is C70H129N2O6P. The lowest BCUT2D eigenvalue weighted by Gasteiger charge is -2.30. The summed E-state index contributed by atoms with van der Waals surface area (Å²) in [5.74, 6) is -0.175. The van der Waals surface area contributed by atoms with Crippen LogP contribution in [0.3, 0.4) is 0 Å². The molecule has 8 nitrogen and oxygen atoms in total. The highest BCUT2D eigenvalue weighted by Gasteiger charge is 2.24. The number of unbranched alkanes of at least 4 members (excludes halogenated alkanes) is 34. The number of nitrogens with zero attached hydrogens (tertiary/aromatic N) is 1. The summed E-state index contributed by atoms with van der Waals surface area (Å²) in [4.78, 5) is 25.6. The van der Waals surface area contributed by atoms with Gasteiger partial charge in [0.1, 0.15) is 13.2 Å². The van der Waals surface area contributed by atoms with Gasteiger partial charge in [-0.25, -0.2) is 0 Å². The molecule has 0 saturated heterocycles. The molecule has 0 aliphatic rings. The second-order valence-corrected chi connectivity index (χ2v) is 25.2. The Hall–Kier alpha value is -2.32. The second-order valence-electron chi connectivity index (χ2n) is 23.8. The molecule has 0 aliphatic carbocycles. The van der Waals surface area contributed by atoms with E-state index in [1.54, 1.807) is 0 Å². The maximum atomic E-state index is 13.0. The quantitative estimate of drug-likeness (QED) is 0.0272. The summed E-state index contributed by atoms with van der Waals surface area (Å²) >= 11 is 0. The summed E-state index contributed by atoms with van der Waals surface area (Å²) in [7, 11) is 1.29. The number of hydrogen-bond acceptors (Lipinski definition) is 6. The SMILES string of the molecule is CC/C=C\C/C=C\C/C=C\C/C=C\C/C=C\C/C=C\C/C=C\CCCCCCCCCC(=O)NC(COP(=O)([O-])OCC[N+](C)(C)C)C(O)CCCCCCCCCCCCCCCCCCCCCCCCCCCCCC. The molecule has 0 saturated carbocycles. The van der Waals surface area contributed by atoms with Crippen molar-refractivity contribution in [3.05, 3.63) is 85.1 Å². The number of likely N-dealkylation sites (N-methyl/N-ethyl adjacent to an activating group) is 1. The molecule has 0 aromatic heterocycles. The second kappa shape index (κ2) is 60.3. The Morgan fingerprint density at radius 1 is 0.456 bits per heavy atom. The summed E-state index contributed by atoms with van der Waals surface area (Å²) in [6, 6.07) is -0.814. The molecule has 0 spiro atoms. The van der Waals surface area contributed by atoms with Crippen LogP contribution in [0.4, 0.5) is 0 Å². The van der Waals surface area contributed by atoms with E-state index in [1.165, 1.54) is 180 Å². The fourth-order valence-electron chi connectivity index (χ4n) is 9.73. The number of hydrogen-bond donors (Lipinski definition) is 2. The first-order valence-electron chi connectivity index (χ1n) is 33.4. The average Bonchev–Trinajstić information content (AvgIpc) is 3.42. The summed E-state index contributed by atoms with van der Waals surface area (Å²) in [5, 5.41) is 14.1. The van der Waals surface area contributed by atoms with Crippen molar-refractivity contribution >= 4 is 13.7 Å². The van der Waals surface area contributed by atoms with Crippen molar-refractivity contribution in [3.8, 4) is 0 Å². The number of carbonyl (C=O) groups excluding carboxylic acids is 1. The molecule has 460 valence electrons. The van der Waals surface area contributed by atoms with Crippen LogP contribution in [-0.4, -0.2) is 68.5 Å². The van der Waals surface area contributed by atoms with Gasteiger partial charge < -0.3 is 28.8 Å². The lowest BCUT2D eigenvalue weighted by atomic mass is 10.0. The molecule has 0 aliphatic heterocycles. The number of allylic oxidation sites excluding steroid dienone is 14. The standard InChI is InChI=1S/C70H129N2O6P/c1-6-8-10-12-14-16-18-20-22-24-26-28-30-32-34-36-38-40-42-44-46-48-50-52-54-56-58-60-62-64-70(74)71-68(67-78-79(75,76)77-66-65-72(3,4)5)69(73)63-61-59-57-55-53-51-49-47-45-43-41-39-37-35-33-31-29-27-25-23-21-19-17-15-13-11-9-7-2/h8,10,14,16,20,22,26,28,32,34,38,40,44,46,68-69,73H,6-7,9,11-13,15,17-19,21,23-25,27,29-31,33,35-37,39,41-43,45,47-67H2,1-5H3,(H-,71,74,75,76)/b10-8-,16-14-,22-20-,28-26-,34-32-,40-38-,46-44-. The molecule has 0 bridgehead atoms. The van der Waals surface area contributed by atoms with E-state index in [9.17, 15) is 19.4 Å².